The van der Waals surface area contributed by atoms with Crippen LogP contribution < -0.4 is 0 Å². The van der Waals surface area contributed by atoms with E-state index in [2.05, 4.69) is 0 Å². The van der Waals surface area contributed by atoms with Gasteiger partial charge < -0.3 is 14.9 Å². The molecule has 1 aromatic carbocycles. The number of amides is 2. The third kappa shape index (κ3) is 4.55. The topological polar surface area (TPSA) is 60.9 Å². The minimum Gasteiger partial charge on any atom is -0.393 e. The van der Waals surface area contributed by atoms with Crippen molar-refractivity contribution >= 4 is 11.8 Å². The zero-order valence-corrected chi connectivity index (χ0v) is 14.2. The molecule has 5 nitrogen and oxygen atoms in total. The van der Waals surface area contributed by atoms with Crippen LogP contribution in [0.3, 0.4) is 0 Å². The van der Waals surface area contributed by atoms with E-state index in [0.717, 1.165) is 5.56 Å². The molecule has 1 saturated heterocycles. The van der Waals surface area contributed by atoms with Crippen LogP contribution in [0, 0.1) is 6.92 Å². The first-order valence-corrected chi connectivity index (χ1v) is 8.16. The van der Waals surface area contributed by atoms with Crippen molar-refractivity contribution in [2.24, 2.45) is 0 Å². The molecule has 23 heavy (non-hydrogen) atoms. The van der Waals surface area contributed by atoms with Crippen LogP contribution in [0.2, 0.25) is 0 Å². The van der Waals surface area contributed by atoms with Gasteiger partial charge in [0.1, 0.15) is 6.04 Å². The number of likely N-dealkylation sites (N-methyl/N-ethyl adjacent to an activating group) is 1. The molecule has 126 valence electrons. The Bertz CT molecular complexity index is 554. The van der Waals surface area contributed by atoms with E-state index < -0.39 is 6.10 Å². The van der Waals surface area contributed by atoms with Gasteiger partial charge in [0.25, 0.3) is 0 Å². The molecule has 1 heterocycles. The molecule has 1 fully saturated rings. The van der Waals surface area contributed by atoms with Crippen LogP contribution in [0.25, 0.3) is 0 Å². The minimum atomic E-state index is -0.431. The molecule has 5 heteroatoms. The van der Waals surface area contributed by atoms with E-state index in [0.29, 0.717) is 32.4 Å². The Kier molecular flexibility index (Phi) is 5.77. The van der Waals surface area contributed by atoms with E-state index in [9.17, 15) is 14.7 Å². The summed E-state index contributed by atoms with van der Waals surface area (Å²) in [5.41, 5.74) is 2.21. The molecule has 1 aliphatic heterocycles. The molecule has 2 rings (SSSR count). The molecule has 1 aromatic rings. The Hall–Kier alpha value is -1.88. The van der Waals surface area contributed by atoms with Crippen molar-refractivity contribution in [3.8, 4) is 0 Å². The number of aryl methyl sites for hydroxylation is 1. The van der Waals surface area contributed by atoms with Crippen molar-refractivity contribution in [2.75, 3.05) is 13.6 Å². The average molecular weight is 318 g/mol. The molecule has 2 atom stereocenters. The quantitative estimate of drug-likeness (QED) is 0.869. The standard InChI is InChI=1S/C18H26N2O3/c1-13-4-6-15(7-5-13)12-20-16(8-9-17(20)22)18(23)19(3)11-10-14(2)21/h4-7,14,16,21H,8-12H2,1-3H3. The van der Waals surface area contributed by atoms with Crippen molar-refractivity contribution in [3.05, 3.63) is 35.4 Å². The number of aliphatic hydroxyl groups is 1. The summed E-state index contributed by atoms with van der Waals surface area (Å²) in [5, 5.41) is 9.36. The molecule has 2 amide bonds. The van der Waals surface area contributed by atoms with Gasteiger partial charge in [-0.15, -0.1) is 0 Å². The first-order chi connectivity index (χ1) is 10.9. The van der Waals surface area contributed by atoms with E-state index in [4.69, 9.17) is 0 Å². The lowest BCUT2D eigenvalue weighted by molar-refractivity contribution is -0.141. The number of carbonyl (C=O) groups is 2. The van der Waals surface area contributed by atoms with Gasteiger partial charge in [0, 0.05) is 26.6 Å². The molecule has 0 aromatic heterocycles. The van der Waals surface area contributed by atoms with Crippen LogP contribution in [-0.4, -0.2) is 52.5 Å². The summed E-state index contributed by atoms with van der Waals surface area (Å²) in [7, 11) is 1.73. The molecule has 1 aliphatic rings. The Morgan fingerprint density at radius 3 is 2.65 bits per heavy atom. The van der Waals surface area contributed by atoms with Gasteiger partial charge in [0.2, 0.25) is 11.8 Å². The monoisotopic (exact) mass is 318 g/mol. The first kappa shape index (κ1) is 17.5. The number of nitrogens with zero attached hydrogens (tertiary/aromatic N) is 2. The molecular weight excluding hydrogens is 292 g/mol. The average Bonchev–Trinajstić information content (AvgIpc) is 2.87. The minimum absolute atomic E-state index is 0.0350. The Balaban J connectivity index is 2.03. The molecule has 0 spiro atoms. The van der Waals surface area contributed by atoms with E-state index in [-0.39, 0.29) is 17.9 Å². The highest BCUT2D eigenvalue weighted by Gasteiger charge is 2.37. The number of benzene rings is 1. The lowest BCUT2D eigenvalue weighted by Crippen LogP contribution is -2.45. The maximum Gasteiger partial charge on any atom is 0.245 e. The number of hydrogen-bond donors (Lipinski definition) is 1. The van der Waals surface area contributed by atoms with Gasteiger partial charge in [-0.1, -0.05) is 29.8 Å². The fourth-order valence-electron chi connectivity index (χ4n) is 2.82. The number of likely N-dealkylation sites (tertiary alicyclic amines) is 1. The van der Waals surface area contributed by atoms with Gasteiger partial charge in [-0.25, -0.2) is 0 Å². The van der Waals surface area contributed by atoms with E-state index in [1.165, 1.54) is 5.56 Å². The second kappa shape index (κ2) is 7.59. The normalized spacial score (nSPS) is 19.0. The van der Waals surface area contributed by atoms with Gasteiger partial charge in [-0.3, -0.25) is 9.59 Å². The Morgan fingerprint density at radius 2 is 2.04 bits per heavy atom. The first-order valence-electron chi connectivity index (χ1n) is 8.16. The summed E-state index contributed by atoms with van der Waals surface area (Å²) in [5.74, 6) is -0.00328. The van der Waals surface area contributed by atoms with Crippen LogP contribution in [0.1, 0.15) is 37.3 Å². The van der Waals surface area contributed by atoms with Crippen molar-refractivity contribution in [3.63, 3.8) is 0 Å². The highest BCUT2D eigenvalue weighted by atomic mass is 16.3. The summed E-state index contributed by atoms with van der Waals surface area (Å²) < 4.78 is 0. The third-order valence-corrected chi connectivity index (χ3v) is 4.35. The van der Waals surface area contributed by atoms with Gasteiger partial charge in [-0.2, -0.15) is 0 Å². The van der Waals surface area contributed by atoms with E-state index >= 15 is 0 Å². The van der Waals surface area contributed by atoms with Crippen molar-refractivity contribution in [1.29, 1.82) is 0 Å². The van der Waals surface area contributed by atoms with Crippen molar-refractivity contribution in [2.45, 2.75) is 51.8 Å². The number of carbonyl (C=O) groups excluding carboxylic acids is 2. The van der Waals surface area contributed by atoms with Gasteiger partial charge in [-0.05, 0) is 32.3 Å². The van der Waals surface area contributed by atoms with Crippen LogP contribution in [0.4, 0.5) is 0 Å². The summed E-state index contributed by atoms with van der Waals surface area (Å²) in [6, 6.07) is 7.64. The van der Waals surface area contributed by atoms with Crippen molar-refractivity contribution < 1.29 is 14.7 Å². The molecule has 2 unspecified atom stereocenters. The maximum atomic E-state index is 12.6. The molecule has 0 saturated carbocycles. The van der Waals surface area contributed by atoms with Gasteiger partial charge in [0.05, 0.1) is 6.10 Å². The number of aliphatic hydroxyl groups excluding tert-OH is 1. The smallest absolute Gasteiger partial charge is 0.245 e. The van der Waals surface area contributed by atoms with E-state index in [1.807, 2.05) is 31.2 Å². The maximum absolute atomic E-state index is 12.6. The summed E-state index contributed by atoms with van der Waals surface area (Å²) in [6.07, 6.45) is 1.11. The Morgan fingerprint density at radius 1 is 1.39 bits per heavy atom. The molecular formula is C18H26N2O3. The highest BCUT2D eigenvalue weighted by molar-refractivity contribution is 5.90. The molecule has 0 aliphatic carbocycles. The zero-order valence-electron chi connectivity index (χ0n) is 14.2. The van der Waals surface area contributed by atoms with Crippen LogP contribution in [-0.2, 0) is 16.1 Å². The fraction of sp³-hybridized carbons (Fsp3) is 0.556. The van der Waals surface area contributed by atoms with Crippen molar-refractivity contribution in [1.82, 2.24) is 9.80 Å². The van der Waals surface area contributed by atoms with E-state index in [1.54, 1.807) is 23.8 Å². The third-order valence-electron chi connectivity index (χ3n) is 4.35. The number of hydrogen-bond acceptors (Lipinski definition) is 3. The Labute approximate surface area is 137 Å². The summed E-state index contributed by atoms with van der Waals surface area (Å²) in [6.45, 7) is 4.70. The highest BCUT2D eigenvalue weighted by Crippen LogP contribution is 2.23. The second-order valence-corrected chi connectivity index (χ2v) is 6.46. The zero-order chi connectivity index (χ0) is 17.0. The second-order valence-electron chi connectivity index (χ2n) is 6.46. The predicted octanol–water partition coefficient (Wildman–Crippen LogP) is 1.72. The lowest BCUT2D eigenvalue weighted by atomic mass is 10.1. The fourth-order valence-corrected chi connectivity index (χ4v) is 2.82. The van der Waals surface area contributed by atoms with Crippen LogP contribution in [0.15, 0.2) is 24.3 Å². The van der Waals surface area contributed by atoms with Gasteiger partial charge in [0.15, 0.2) is 0 Å². The summed E-state index contributed by atoms with van der Waals surface area (Å²) >= 11 is 0. The number of rotatable bonds is 6. The molecule has 1 N–H and O–H groups in total. The SMILES string of the molecule is Cc1ccc(CN2C(=O)CCC2C(=O)N(C)CCC(C)O)cc1. The van der Waals surface area contributed by atoms with Crippen LogP contribution in [0.5, 0.6) is 0 Å². The lowest BCUT2D eigenvalue weighted by Gasteiger charge is -2.28. The molecule has 0 radical (unpaired) electrons. The van der Waals surface area contributed by atoms with Crippen LogP contribution >= 0.6 is 0 Å². The summed E-state index contributed by atoms with van der Waals surface area (Å²) in [4.78, 5) is 28.1. The molecule has 0 bridgehead atoms. The largest absolute Gasteiger partial charge is 0.393 e. The van der Waals surface area contributed by atoms with Gasteiger partial charge >= 0.3 is 0 Å². The predicted molar refractivity (Wildman–Crippen MR) is 88.7 cm³/mol.